The minimum Gasteiger partial charge on any atom is -0.496 e. The van der Waals surface area contributed by atoms with Crippen molar-refractivity contribution in [3.8, 4) is 5.75 Å². The van der Waals surface area contributed by atoms with Crippen molar-refractivity contribution < 1.29 is 19.4 Å². The number of amides is 1. The first-order valence-electron chi connectivity index (χ1n) is 10.3. The van der Waals surface area contributed by atoms with Gasteiger partial charge in [0.2, 0.25) is 5.91 Å². The zero-order valence-electron chi connectivity index (χ0n) is 16.6. The zero-order chi connectivity index (χ0) is 19.6. The molecule has 2 N–H and O–H groups in total. The fourth-order valence-corrected chi connectivity index (χ4v) is 4.49. The Labute approximate surface area is 165 Å². The van der Waals surface area contributed by atoms with Gasteiger partial charge in [-0.25, -0.2) is 0 Å². The molecule has 1 aromatic heterocycles. The van der Waals surface area contributed by atoms with Gasteiger partial charge >= 0.3 is 0 Å². The van der Waals surface area contributed by atoms with Gasteiger partial charge in [-0.3, -0.25) is 4.79 Å². The number of fused-ring (bicyclic) bond motifs is 1. The molecule has 6 heteroatoms. The molecule has 2 aliphatic rings. The molecule has 0 bridgehead atoms. The summed E-state index contributed by atoms with van der Waals surface area (Å²) in [6, 6.07) is 5.81. The molecular formula is C22H30N2O4. The third kappa shape index (κ3) is 4.03. The van der Waals surface area contributed by atoms with Crippen LogP contribution in [0.15, 0.2) is 24.4 Å². The van der Waals surface area contributed by atoms with Crippen LogP contribution in [-0.2, 0) is 16.1 Å². The van der Waals surface area contributed by atoms with Crippen LogP contribution in [0.3, 0.4) is 0 Å². The maximum Gasteiger partial charge on any atom is 0.224 e. The summed E-state index contributed by atoms with van der Waals surface area (Å²) in [5, 5.41) is 14.5. The van der Waals surface area contributed by atoms with Crippen LogP contribution in [0.4, 0.5) is 5.69 Å². The standard InChI is InChI=1S/C22H30N2O4/c1-27-19-10-6-9-18-21(19)17(12-24(18)13-22(26)14-28-15-22)23-20(25)11-16-7-4-2-3-5-8-16/h6,9-10,12,16,26H,2-5,7-8,11,13-15H2,1H3,(H,23,25). The van der Waals surface area contributed by atoms with Crippen molar-refractivity contribution in [1.29, 1.82) is 0 Å². The molecule has 0 unspecified atom stereocenters. The van der Waals surface area contributed by atoms with E-state index >= 15 is 0 Å². The molecule has 0 atom stereocenters. The SMILES string of the molecule is COc1cccc2c1c(NC(=O)CC1CCCCCC1)cn2CC1(O)COC1. The molecule has 1 saturated heterocycles. The Kier molecular flexibility index (Phi) is 5.60. The highest BCUT2D eigenvalue weighted by atomic mass is 16.5. The number of aliphatic hydroxyl groups is 1. The Balaban J connectivity index is 1.57. The molecule has 4 rings (SSSR count). The molecule has 0 spiro atoms. The van der Waals surface area contributed by atoms with Gasteiger partial charge in [0, 0.05) is 12.6 Å². The lowest BCUT2D eigenvalue weighted by Crippen LogP contribution is -2.52. The first-order chi connectivity index (χ1) is 13.6. The summed E-state index contributed by atoms with van der Waals surface area (Å²) in [7, 11) is 1.64. The Morgan fingerprint density at radius 1 is 1.29 bits per heavy atom. The maximum absolute atomic E-state index is 12.8. The largest absolute Gasteiger partial charge is 0.496 e. The molecule has 2 aromatic rings. The molecule has 6 nitrogen and oxygen atoms in total. The lowest BCUT2D eigenvalue weighted by atomic mass is 9.96. The quantitative estimate of drug-likeness (QED) is 0.743. The molecule has 1 aliphatic carbocycles. The maximum atomic E-state index is 12.8. The van der Waals surface area contributed by atoms with Crippen LogP contribution >= 0.6 is 0 Å². The van der Waals surface area contributed by atoms with Gasteiger partial charge in [0.05, 0.1) is 43.5 Å². The number of methoxy groups -OCH3 is 1. The van der Waals surface area contributed by atoms with E-state index in [1.807, 2.05) is 29.0 Å². The van der Waals surface area contributed by atoms with Gasteiger partial charge in [-0.15, -0.1) is 0 Å². The number of aromatic nitrogens is 1. The highest BCUT2D eigenvalue weighted by Gasteiger charge is 2.37. The number of ether oxygens (including phenoxy) is 2. The van der Waals surface area contributed by atoms with E-state index in [-0.39, 0.29) is 5.91 Å². The Hall–Kier alpha value is -2.05. The predicted molar refractivity (Wildman–Crippen MR) is 109 cm³/mol. The van der Waals surface area contributed by atoms with Crippen molar-refractivity contribution in [1.82, 2.24) is 4.57 Å². The van der Waals surface area contributed by atoms with Crippen molar-refractivity contribution in [2.24, 2.45) is 5.92 Å². The summed E-state index contributed by atoms with van der Waals surface area (Å²) in [5.74, 6) is 1.26. The second-order valence-corrected chi connectivity index (χ2v) is 8.35. The summed E-state index contributed by atoms with van der Waals surface area (Å²) >= 11 is 0. The van der Waals surface area contributed by atoms with Crippen molar-refractivity contribution in [3.63, 3.8) is 0 Å². The van der Waals surface area contributed by atoms with E-state index in [4.69, 9.17) is 9.47 Å². The van der Waals surface area contributed by atoms with Crippen molar-refractivity contribution in [3.05, 3.63) is 24.4 Å². The van der Waals surface area contributed by atoms with Crippen molar-refractivity contribution >= 4 is 22.5 Å². The molecule has 1 saturated carbocycles. The summed E-state index contributed by atoms with van der Waals surface area (Å²) in [5.41, 5.74) is 0.829. The third-order valence-corrected chi connectivity index (χ3v) is 6.02. The number of nitrogens with zero attached hydrogens (tertiary/aromatic N) is 1. The fraction of sp³-hybridized carbons (Fsp3) is 0.591. The predicted octanol–water partition coefficient (Wildman–Crippen LogP) is 3.71. The lowest BCUT2D eigenvalue weighted by molar-refractivity contribution is -0.184. The number of nitrogens with one attached hydrogen (secondary N) is 1. The number of hydrogen-bond acceptors (Lipinski definition) is 4. The average molecular weight is 386 g/mol. The van der Waals surface area contributed by atoms with Gasteiger partial charge in [0.15, 0.2) is 0 Å². The lowest BCUT2D eigenvalue weighted by Gasteiger charge is -2.36. The number of anilines is 1. The number of carbonyl (C=O) groups excluding carboxylic acids is 1. The monoisotopic (exact) mass is 386 g/mol. The van der Waals surface area contributed by atoms with Crippen LogP contribution in [0.25, 0.3) is 10.9 Å². The minimum atomic E-state index is -0.851. The van der Waals surface area contributed by atoms with E-state index in [1.54, 1.807) is 7.11 Å². The van der Waals surface area contributed by atoms with Crippen molar-refractivity contribution in [2.75, 3.05) is 25.6 Å². The van der Waals surface area contributed by atoms with Crippen LogP contribution in [0.2, 0.25) is 0 Å². The highest BCUT2D eigenvalue weighted by molar-refractivity contribution is 6.04. The van der Waals surface area contributed by atoms with Crippen LogP contribution in [0.5, 0.6) is 5.75 Å². The van der Waals surface area contributed by atoms with Gasteiger partial charge in [-0.05, 0) is 30.9 Å². The fourth-order valence-electron chi connectivity index (χ4n) is 4.49. The van der Waals surface area contributed by atoms with Crippen LogP contribution < -0.4 is 10.1 Å². The third-order valence-electron chi connectivity index (χ3n) is 6.02. The van der Waals surface area contributed by atoms with Crippen LogP contribution in [0, 0.1) is 5.92 Å². The normalized spacial score (nSPS) is 19.8. The number of benzene rings is 1. The molecule has 2 fully saturated rings. The second kappa shape index (κ2) is 8.13. The molecule has 2 heterocycles. The summed E-state index contributed by atoms with van der Waals surface area (Å²) in [6.45, 7) is 1.09. The van der Waals surface area contributed by atoms with E-state index in [1.165, 1.54) is 25.7 Å². The second-order valence-electron chi connectivity index (χ2n) is 8.35. The topological polar surface area (TPSA) is 72.7 Å². The molecule has 1 aliphatic heterocycles. The number of hydrogen-bond donors (Lipinski definition) is 2. The number of carbonyl (C=O) groups is 1. The molecule has 152 valence electrons. The van der Waals surface area contributed by atoms with E-state index < -0.39 is 5.60 Å². The highest BCUT2D eigenvalue weighted by Crippen LogP contribution is 2.36. The smallest absolute Gasteiger partial charge is 0.224 e. The van der Waals surface area contributed by atoms with E-state index in [0.29, 0.717) is 32.1 Å². The molecule has 0 radical (unpaired) electrons. The summed E-state index contributed by atoms with van der Waals surface area (Å²) < 4.78 is 12.7. The first-order valence-corrected chi connectivity index (χ1v) is 10.3. The molecule has 28 heavy (non-hydrogen) atoms. The Morgan fingerprint density at radius 2 is 2.04 bits per heavy atom. The van der Waals surface area contributed by atoms with Crippen molar-refractivity contribution in [2.45, 2.75) is 57.1 Å². The Morgan fingerprint density at radius 3 is 2.68 bits per heavy atom. The van der Waals surface area contributed by atoms with Crippen LogP contribution in [0.1, 0.15) is 44.9 Å². The zero-order valence-corrected chi connectivity index (χ0v) is 16.6. The summed E-state index contributed by atoms with van der Waals surface area (Å²) in [6.07, 6.45) is 9.80. The van der Waals surface area contributed by atoms with Gasteiger partial charge in [-0.2, -0.15) is 0 Å². The summed E-state index contributed by atoms with van der Waals surface area (Å²) in [4.78, 5) is 12.8. The van der Waals surface area contributed by atoms with E-state index in [2.05, 4.69) is 5.32 Å². The van der Waals surface area contributed by atoms with Gasteiger partial charge < -0.3 is 24.5 Å². The van der Waals surface area contributed by atoms with Gasteiger partial charge in [0.1, 0.15) is 11.4 Å². The molecule has 1 amide bonds. The van der Waals surface area contributed by atoms with Gasteiger partial charge in [0.25, 0.3) is 0 Å². The number of rotatable bonds is 6. The molecular weight excluding hydrogens is 356 g/mol. The first kappa shape index (κ1) is 19.3. The average Bonchev–Trinajstić information content (AvgIpc) is 2.83. The van der Waals surface area contributed by atoms with Gasteiger partial charge in [-0.1, -0.05) is 31.7 Å². The van der Waals surface area contributed by atoms with Crippen LogP contribution in [-0.4, -0.2) is 41.5 Å². The molecule has 1 aromatic carbocycles. The van der Waals surface area contributed by atoms with E-state index in [9.17, 15) is 9.90 Å². The Bertz CT molecular complexity index is 832. The van der Waals surface area contributed by atoms with E-state index in [0.717, 1.165) is 35.2 Å². The minimum absolute atomic E-state index is 0.0579.